The Labute approximate surface area is 172 Å². The Morgan fingerprint density at radius 3 is 2.27 bits per heavy atom. The van der Waals surface area contributed by atoms with Crippen LogP contribution in [0, 0.1) is 5.82 Å². The van der Waals surface area contributed by atoms with Crippen LogP contribution in [-0.2, 0) is 6.54 Å². The zero-order valence-corrected chi connectivity index (χ0v) is 16.0. The molecule has 0 saturated heterocycles. The van der Waals surface area contributed by atoms with Crippen LogP contribution < -0.4 is 10.6 Å². The monoisotopic (exact) mass is 402 g/mol. The van der Waals surface area contributed by atoms with Crippen molar-refractivity contribution in [3.8, 4) is 11.5 Å². The molecule has 0 fully saturated rings. The molecule has 0 aliphatic rings. The second kappa shape index (κ2) is 9.00. The van der Waals surface area contributed by atoms with Gasteiger partial charge in [0, 0.05) is 12.1 Å². The number of halogens is 1. The van der Waals surface area contributed by atoms with Gasteiger partial charge in [-0.3, -0.25) is 0 Å². The molecule has 1 aromatic heterocycles. The number of benzene rings is 3. The van der Waals surface area contributed by atoms with Gasteiger partial charge in [-0.2, -0.15) is 0 Å². The van der Waals surface area contributed by atoms with Crippen LogP contribution in [0.2, 0.25) is 0 Å². The van der Waals surface area contributed by atoms with Crippen LogP contribution in [-0.4, -0.2) is 16.2 Å². The Balaban J connectivity index is 1.51. The number of nitrogens with zero attached hydrogens (tertiary/aromatic N) is 2. The second-order valence-corrected chi connectivity index (χ2v) is 6.61. The molecule has 30 heavy (non-hydrogen) atoms. The lowest BCUT2D eigenvalue weighted by molar-refractivity contribution is 0.236. The largest absolute Gasteiger partial charge is 0.418 e. The highest BCUT2D eigenvalue weighted by atomic mass is 19.1. The van der Waals surface area contributed by atoms with E-state index in [2.05, 4.69) is 20.8 Å². The van der Waals surface area contributed by atoms with Gasteiger partial charge in [0.1, 0.15) is 11.9 Å². The van der Waals surface area contributed by atoms with Crippen molar-refractivity contribution in [1.29, 1.82) is 0 Å². The lowest BCUT2D eigenvalue weighted by Gasteiger charge is -2.16. The van der Waals surface area contributed by atoms with Gasteiger partial charge in [0.25, 0.3) is 0 Å². The quantitative estimate of drug-likeness (QED) is 0.499. The van der Waals surface area contributed by atoms with Gasteiger partial charge < -0.3 is 15.1 Å². The first-order valence-corrected chi connectivity index (χ1v) is 9.41. The molecule has 2 amide bonds. The number of carbonyl (C=O) groups excluding carboxylic acids is 1. The maximum atomic E-state index is 13.0. The van der Waals surface area contributed by atoms with E-state index in [1.54, 1.807) is 12.1 Å². The summed E-state index contributed by atoms with van der Waals surface area (Å²) in [6.07, 6.45) is 0. The van der Waals surface area contributed by atoms with Gasteiger partial charge in [0.05, 0.1) is 0 Å². The Hall–Kier alpha value is -4.00. The van der Waals surface area contributed by atoms with Crippen LogP contribution in [0.3, 0.4) is 0 Å². The van der Waals surface area contributed by atoms with Crippen LogP contribution in [0.25, 0.3) is 11.5 Å². The Morgan fingerprint density at radius 1 is 0.900 bits per heavy atom. The van der Waals surface area contributed by atoms with E-state index in [1.165, 1.54) is 12.1 Å². The maximum absolute atomic E-state index is 13.0. The first-order valence-electron chi connectivity index (χ1n) is 9.41. The molecule has 0 saturated carbocycles. The number of hydrogen-bond donors (Lipinski definition) is 2. The zero-order valence-electron chi connectivity index (χ0n) is 16.0. The van der Waals surface area contributed by atoms with E-state index in [1.807, 2.05) is 60.7 Å². The summed E-state index contributed by atoms with van der Waals surface area (Å²) in [5, 5.41) is 13.9. The standard InChI is InChI=1S/C23H19FN4O2/c24-19-13-11-16(12-14-19)15-25-23(29)26-20(17-7-3-1-4-8-17)22-28-27-21(30-22)18-9-5-2-6-10-18/h1-14,20H,15H2,(H2,25,26,29). The molecule has 3 aromatic carbocycles. The van der Waals surface area contributed by atoms with Gasteiger partial charge >= 0.3 is 6.03 Å². The predicted molar refractivity (Wildman–Crippen MR) is 110 cm³/mol. The highest BCUT2D eigenvalue weighted by molar-refractivity contribution is 5.74. The van der Waals surface area contributed by atoms with Gasteiger partial charge in [-0.15, -0.1) is 10.2 Å². The third-order valence-electron chi connectivity index (χ3n) is 4.48. The fraction of sp³-hybridized carbons (Fsp3) is 0.0870. The van der Waals surface area contributed by atoms with Crippen molar-refractivity contribution in [3.05, 3.63) is 108 Å². The number of nitrogens with one attached hydrogen (secondary N) is 2. The lowest BCUT2D eigenvalue weighted by Crippen LogP contribution is -2.38. The third kappa shape index (κ3) is 4.70. The number of urea groups is 1. The number of hydrogen-bond acceptors (Lipinski definition) is 4. The molecule has 0 radical (unpaired) electrons. The first kappa shape index (κ1) is 19.3. The third-order valence-corrected chi connectivity index (χ3v) is 4.48. The predicted octanol–water partition coefficient (Wildman–Crippen LogP) is 4.46. The maximum Gasteiger partial charge on any atom is 0.315 e. The summed E-state index contributed by atoms with van der Waals surface area (Å²) in [5.41, 5.74) is 2.38. The van der Waals surface area contributed by atoms with E-state index in [0.29, 0.717) is 5.89 Å². The number of amides is 2. The van der Waals surface area contributed by atoms with Crippen LogP contribution >= 0.6 is 0 Å². The highest BCUT2D eigenvalue weighted by Gasteiger charge is 2.23. The summed E-state index contributed by atoms with van der Waals surface area (Å²) in [6.45, 7) is 0.257. The Bertz CT molecular complexity index is 1100. The fourth-order valence-electron chi connectivity index (χ4n) is 2.95. The van der Waals surface area contributed by atoms with Crippen molar-refractivity contribution in [1.82, 2.24) is 20.8 Å². The van der Waals surface area contributed by atoms with E-state index in [9.17, 15) is 9.18 Å². The van der Waals surface area contributed by atoms with Gasteiger partial charge in [-0.25, -0.2) is 9.18 Å². The zero-order chi connectivity index (χ0) is 20.8. The van der Waals surface area contributed by atoms with Crippen LogP contribution in [0.15, 0.2) is 89.3 Å². The molecular weight excluding hydrogens is 383 g/mol. The number of aromatic nitrogens is 2. The van der Waals surface area contributed by atoms with E-state index in [4.69, 9.17) is 4.42 Å². The average Bonchev–Trinajstić information content (AvgIpc) is 3.28. The van der Waals surface area contributed by atoms with Crippen molar-refractivity contribution < 1.29 is 13.6 Å². The minimum absolute atomic E-state index is 0.257. The van der Waals surface area contributed by atoms with Gasteiger partial charge in [-0.05, 0) is 35.4 Å². The summed E-state index contributed by atoms with van der Waals surface area (Å²) >= 11 is 0. The summed E-state index contributed by atoms with van der Waals surface area (Å²) in [5.74, 6) is 0.329. The minimum Gasteiger partial charge on any atom is -0.418 e. The van der Waals surface area contributed by atoms with E-state index < -0.39 is 12.1 Å². The summed E-state index contributed by atoms with van der Waals surface area (Å²) in [4.78, 5) is 12.5. The van der Waals surface area contributed by atoms with Crippen LogP contribution in [0.5, 0.6) is 0 Å². The van der Waals surface area contributed by atoms with Gasteiger partial charge in [-0.1, -0.05) is 60.7 Å². The molecule has 0 bridgehead atoms. The van der Waals surface area contributed by atoms with Crippen molar-refractivity contribution in [2.24, 2.45) is 0 Å². The summed E-state index contributed by atoms with van der Waals surface area (Å²) in [6, 6.07) is 23.7. The van der Waals surface area contributed by atoms with Crippen LogP contribution in [0.4, 0.5) is 9.18 Å². The molecule has 7 heteroatoms. The molecule has 1 atom stereocenters. The van der Waals surface area contributed by atoms with Crippen molar-refractivity contribution in [2.75, 3.05) is 0 Å². The molecule has 6 nitrogen and oxygen atoms in total. The van der Waals surface area contributed by atoms with E-state index >= 15 is 0 Å². The number of carbonyl (C=O) groups is 1. The van der Waals surface area contributed by atoms with Crippen LogP contribution in [0.1, 0.15) is 23.1 Å². The van der Waals surface area contributed by atoms with Gasteiger partial charge in [0.2, 0.25) is 11.8 Å². The summed E-state index contributed by atoms with van der Waals surface area (Å²) < 4.78 is 18.9. The van der Waals surface area contributed by atoms with Crippen molar-refractivity contribution in [2.45, 2.75) is 12.6 Å². The molecule has 1 unspecified atom stereocenters. The van der Waals surface area contributed by atoms with Crippen molar-refractivity contribution >= 4 is 6.03 Å². The lowest BCUT2D eigenvalue weighted by atomic mass is 10.1. The molecule has 1 heterocycles. The molecule has 0 aliphatic heterocycles. The number of rotatable bonds is 6. The topological polar surface area (TPSA) is 80.0 Å². The van der Waals surface area contributed by atoms with E-state index in [0.717, 1.165) is 16.7 Å². The second-order valence-electron chi connectivity index (χ2n) is 6.61. The molecule has 0 spiro atoms. The minimum atomic E-state index is -0.621. The molecule has 150 valence electrons. The Kier molecular flexibility index (Phi) is 5.80. The smallest absolute Gasteiger partial charge is 0.315 e. The first-order chi connectivity index (χ1) is 14.7. The normalized spacial score (nSPS) is 11.6. The Morgan fingerprint density at radius 2 is 1.57 bits per heavy atom. The molecule has 4 aromatic rings. The molecular formula is C23H19FN4O2. The molecule has 4 rings (SSSR count). The SMILES string of the molecule is O=C(NCc1ccc(F)cc1)NC(c1ccccc1)c1nnc(-c2ccccc2)o1. The van der Waals surface area contributed by atoms with E-state index in [-0.39, 0.29) is 18.3 Å². The molecule has 2 N–H and O–H groups in total. The fourth-order valence-corrected chi connectivity index (χ4v) is 2.95. The summed E-state index contributed by atoms with van der Waals surface area (Å²) in [7, 11) is 0. The highest BCUT2D eigenvalue weighted by Crippen LogP contribution is 2.24. The van der Waals surface area contributed by atoms with Gasteiger partial charge in [0.15, 0.2) is 0 Å². The average molecular weight is 402 g/mol. The molecule has 0 aliphatic carbocycles. The van der Waals surface area contributed by atoms with Crippen molar-refractivity contribution in [3.63, 3.8) is 0 Å².